The molecular formula is C55H93NO7. The van der Waals surface area contributed by atoms with Crippen LogP contribution in [0.3, 0.4) is 0 Å². The number of unbranched alkanes of at least 4 members (excludes halogenated alkanes) is 16. The van der Waals surface area contributed by atoms with E-state index in [1.807, 2.05) is 0 Å². The van der Waals surface area contributed by atoms with Crippen LogP contribution in [-0.4, -0.2) is 75.5 Å². The van der Waals surface area contributed by atoms with Crippen LogP contribution in [0.4, 0.5) is 0 Å². The lowest BCUT2D eigenvalue weighted by atomic mass is 10.1. The number of likely N-dealkylation sites (N-methyl/N-ethyl adjacent to an activating group) is 1. The number of aliphatic carboxylic acids is 1. The number of esters is 2. The van der Waals surface area contributed by atoms with Gasteiger partial charge in [0.2, 0.25) is 0 Å². The number of rotatable bonds is 44. The van der Waals surface area contributed by atoms with Gasteiger partial charge in [0.05, 0.1) is 40.3 Å². The summed E-state index contributed by atoms with van der Waals surface area (Å²) in [6.07, 6.45) is 59.0. The van der Waals surface area contributed by atoms with Crippen molar-refractivity contribution in [2.75, 3.05) is 41.0 Å². The molecule has 0 aromatic carbocycles. The summed E-state index contributed by atoms with van der Waals surface area (Å²) in [4.78, 5) is 37.0. The first-order chi connectivity index (χ1) is 30.6. The molecule has 0 aliphatic heterocycles. The highest BCUT2D eigenvalue weighted by Crippen LogP contribution is 2.13. The van der Waals surface area contributed by atoms with Crippen LogP contribution >= 0.6 is 0 Å². The Labute approximate surface area is 386 Å². The van der Waals surface area contributed by atoms with Crippen LogP contribution in [0.1, 0.15) is 194 Å². The zero-order valence-electron chi connectivity index (χ0n) is 41.0. The number of quaternary nitrogens is 1. The molecule has 0 aromatic heterocycles. The van der Waals surface area contributed by atoms with E-state index in [0.717, 1.165) is 64.2 Å². The normalized spacial score (nSPS) is 13.6. The average molecular weight is 880 g/mol. The molecule has 0 saturated heterocycles. The molecule has 0 rings (SSSR count). The van der Waals surface area contributed by atoms with E-state index in [1.54, 1.807) is 21.1 Å². The van der Waals surface area contributed by atoms with Crippen LogP contribution in [0.5, 0.6) is 0 Å². The van der Waals surface area contributed by atoms with Crippen molar-refractivity contribution in [3.05, 3.63) is 85.1 Å². The quantitative estimate of drug-likeness (QED) is 0.0260. The summed E-state index contributed by atoms with van der Waals surface area (Å²) in [7, 11) is 5.39. The maximum atomic E-state index is 12.7. The van der Waals surface area contributed by atoms with E-state index in [4.69, 9.17) is 14.2 Å². The van der Waals surface area contributed by atoms with Crippen LogP contribution in [0.15, 0.2) is 85.1 Å². The Morgan fingerprint density at radius 3 is 1.29 bits per heavy atom. The summed E-state index contributed by atoms with van der Waals surface area (Å²) in [5.74, 6) is -1.82. The second-order valence-electron chi connectivity index (χ2n) is 17.7. The van der Waals surface area contributed by atoms with E-state index in [2.05, 4.69) is 98.9 Å². The molecule has 2 unspecified atom stereocenters. The van der Waals surface area contributed by atoms with E-state index >= 15 is 0 Å². The topological polar surface area (TPSA) is 102 Å². The molecule has 0 amide bonds. The standard InChI is InChI=1S/C55H93NO7/c1-6-8-10-12-14-16-18-20-22-24-25-26-27-28-30-31-33-35-37-39-41-43-45-53(57)62-50-51(49-61-48-47-52(55(59)60)56(3,4)5)63-54(58)46-44-42-40-38-36-34-32-29-23-21-19-17-15-13-11-9-7-2/h14-17,20-23,25-26,32,34,38,40,51-52H,6-13,18-19,24,27-31,33,35-37,39,41-50H2,1-5H3/b16-14+,17-15+,22-20+,23-21+,26-25+,34-32+,40-38+. The Morgan fingerprint density at radius 2 is 0.857 bits per heavy atom. The number of hydrogen-bond donors (Lipinski definition) is 0. The number of carbonyl (C=O) groups excluding carboxylic acids is 3. The Balaban J connectivity index is 4.35. The van der Waals surface area contributed by atoms with Gasteiger partial charge in [0, 0.05) is 19.3 Å². The molecule has 0 saturated carbocycles. The minimum atomic E-state index is -1.14. The van der Waals surface area contributed by atoms with Crippen molar-refractivity contribution < 1.29 is 38.2 Å². The molecule has 0 heterocycles. The lowest BCUT2D eigenvalue weighted by Gasteiger charge is -2.34. The predicted octanol–water partition coefficient (Wildman–Crippen LogP) is 13.1. The largest absolute Gasteiger partial charge is 0.544 e. The molecule has 8 heteroatoms. The van der Waals surface area contributed by atoms with E-state index in [0.29, 0.717) is 12.8 Å². The molecule has 0 aliphatic carbocycles. The smallest absolute Gasteiger partial charge is 0.306 e. The van der Waals surface area contributed by atoms with Gasteiger partial charge in [-0.3, -0.25) is 9.59 Å². The molecular weight excluding hydrogens is 787 g/mol. The van der Waals surface area contributed by atoms with Gasteiger partial charge in [-0.25, -0.2) is 0 Å². The monoisotopic (exact) mass is 880 g/mol. The zero-order chi connectivity index (χ0) is 46.3. The molecule has 2 atom stereocenters. The van der Waals surface area contributed by atoms with Gasteiger partial charge in [0.15, 0.2) is 6.10 Å². The van der Waals surface area contributed by atoms with Crippen molar-refractivity contribution in [2.24, 2.45) is 0 Å². The van der Waals surface area contributed by atoms with E-state index < -0.39 is 18.1 Å². The molecule has 360 valence electrons. The molecule has 0 fully saturated rings. The zero-order valence-corrected chi connectivity index (χ0v) is 41.0. The Morgan fingerprint density at radius 1 is 0.476 bits per heavy atom. The minimum absolute atomic E-state index is 0.0129. The number of nitrogens with zero attached hydrogens (tertiary/aromatic N) is 1. The van der Waals surface area contributed by atoms with Crippen LogP contribution < -0.4 is 5.11 Å². The maximum Gasteiger partial charge on any atom is 0.306 e. The summed E-state index contributed by atoms with van der Waals surface area (Å²) >= 11 is 0. The van der Waals surface area contributed by atoms with Gasteiger partial charge in [-0.2, -0.15) is 0 Å². The number of hydrogen-bond acceptors (Lipinski definition) is 7. The first kappa shape index (κ1) is 59.5. The van der Waals surface area contributed by atoms with Crippen molar-refractivity contribution >= 4 is 17.9 Å². The Bertz CT molecular complexity index is 1300. The molecule has 8 nitrogen and oxygen atoms in total. The van der Waals surface area contributed by atoms with Crippen LogP contribution in [0.2, 0.25) is 0 Å². The average Bonchev–Trinajstić information content (AvgIpc) is 3.24. The predicted molar refractivity (Wildman–Crippen MR) is 263 cm³/mol. The molecule has 0 spiro atoms. The molecule has 0 aromatic rings. The van der Waals surface area contributed by atoms with Crippen LogP contribution in [-0.2, 0) is 28.6 Å². The third kappa shape index (κ3) is 43.5. The summed E-state index contributed by atoms with van der Waals surface area (Å²) in [6, 6.07) is -0.741. The molecule has 0 radical (unpaired) electrons. The lowest BCUT2D eigenvalue weighted by molar-refractivity contribution is -0.889. The van der Waals surface area contributed by atoms with Gasteiger partial charge < -0.3 is 28.6 Å². The minimum Gasteiger partial charge on any atom is -0.544 e. The third-order valence-electron chi connectivity index (χ3n) is 10.8. The van der Waals surface area contributed by atoms with E-state index in [-0.39, 0.29) is 49.1 Å². The molecule has 0 aliphatic rings. The SMILES string of the molecule is CCCCC/C=C/C/C=C/C/C=C/C/C=C/CCCC(=O)OC(COCCC(C(=O)[O-])[N+](C)(C)C)COC(=O)CCCCCCCCCCC/C=C/C/C=C/C/C=C/CCCCC. The number of allylic oxidation sites excluding steroid dienone is 14. The van der Waals surface area contributed by atoms with Crippen molar-refractivity contribution in [3.63, 3.8) is 0 Å². The molecule has 63 heavy (non-hydrogen) atoms. The van der Waals surface area contributed by atoms with Gasteiger partial charge in [0.25, 0.3) is 0 Å². The summed E-state index contributed by atoms with van der Waals surface area (Å²) in [6.45, 7) is 4.54. The summed E-state index contributed by atoms with van der Waals surface area (Å²) < 4.78 is 17.2. The van der Waals surface area contributed by atoms with Crippen molar-refractivity contribution in [1.29, 1.82) is 0 Å². The van der Waals surface area contributed by atoms with E-state index in [9.17, 15) is 19.5 Å². The van der Waals surface area contributed by atoms with Gasteiger partial charge in [-0.05, 0) is 89.9 Å². The Hall–Kier alpha value is -3.49. The second-order valence-corrected chi connectivity index (χ2v) is 17.7. The third-order valence-corrected chi connectivity index (χ3v) is 10.8. The van der Waals surface area contributed by atoms with Crippen molar-refractivity contribution in [3.8, 4) is 0 Å². The van der Waals surface area contributed by atoms with Crippen LogP contribution in [0.25, 0.3) is 0 Å². The summed E-state index contributed by atoms with van der Waals surface area (Å²) in [5.41, 5.74) is 0. The lowest BCUT2D eigenvalue weighted by Crippen LogP contribution is -2.55. The fourth-order valence-electron chi connectivity index (χ4n) is 6.83. The molecule has 0 bridgehead atoms. The number of ether oxygens (including phenoxy) is 3. The first-order valence-corrected chi connectivity index (χ1v) is 25.1. The maximum absolute atomic E-state index is 12.7. The van der Waals surface area contributed by atoms with E-state index in [1.165, 1.54) is 89.9 Å². The van der Waals surface area contributed by atoms with Gasteiger partial charge in [-0.15, -0.1) is 0 Å². The fraction of sp³-hybridized carbons (Fsp3) is 0.691. The number of carboxylic acids is 1. The first-order valence-electron chi connectivity index (χ1n) is 25.1. The van der Waals surface area contributed by atoms with Crippen LogP contribution in [0, 0.1) is 0 Å². The van der Waals surface area contributed by atoms with Gasteiger partial charge in [-0.1, -0.05) is 170 Å². The highest BCUT2D eigenvalue weighted by Gasteiger charge is 2.25. The number of carboxylic acid groups (broad SMARTS) is 1. The van der Waals surface area contributed by atoms with Crippen molar-refractivity contribution in [2.45, 2.75) is 206 Å². The highest BCUT2D eigenvalue weighted by atomic mass is 16.6. The Kier molecular flexibility index (Phi) is 42.6. The highest BCUT2D eigenvalue weighted by molar-refractivity contribution is 5.70. The second kappa shape index (κ2) is 45.1. The van der Waals surface area contributed by atoms with Gasteiger partial charge >= 0.3 is 11.9 Å². The molecule has 0 N–H and O–H groups in total. The number of carbonyl (C=O) groups is 3. The fourth-order valence-corrected chi connectivity index (χ4v) is 6.83. The van der Waals surface area contributed by atoms with Crippen molar-refractivity contribution in [1.82, 2.24) is 0 Å². The van der Waals surface area contributed by atoms with Gasteiger partial charge in [0.1, 0.15) is 12.6 Å². The summed E-state index contributed by atoms with van der Waals surface area (Å²) in [5, 5.41) is 11.7.